The number of ether oxygens (including phenoxy) is 1. The van der Waals surface area contributed by atoms with Crippen LogP contribution in [0.2, 0.25) is 5.02 Å². The van der Waals surface area contributed by atoms with E-state index in [0.29, 0.717) is 6.54 Å². The van der Waals surface area contributed by atoms with Crippen molar-refractivity contribution >= 4 is 29.7 Å². The molecule has 26 heavy (non-hydrogen) atoms. The minimum Gasteiger partial charge on any atom is -0.488 e. The zero-order chi connectivity index (χ0) is 17.6. The number of β-amino-alcohol motifs (C(OH)–C–C–N with tert-alkyl or cyclic N) is 1. The summed E-state index contributed by atoms with van der Waals surface area (Å²) >= 11 is 6.05. The number of rotatable bonds is 6. The number of nitrogens with zero attached hydrogens (tertiary/aromatic N) is 2. The van der Waals surface area contributed by atoms with E-state index in [0.717, 1.165) is 36.9 Å². The molecule has 0 radical (unpaired) electrons. The zero-order valence-electron chi connectivity index (χ0n) is 14.4. The molecule has 0 bridgehead atoms. The van der Waals surface area contributed by atoms with Crippen molar-refractivity contribution in [2.24, 2.45) is 0 Å². The Bertz CT molecular complexity index is 697. The molecular formula is C19H23Cl2FN2O2. The van der Waals surface area contributed by atoms with Crippen LogP contribution in [0.4, 0.5) is 10.1 Å². The molecule has 1 aliphatic rings. The van der Waals surface area contributed by atoms with Crippen LogP contribution in [0.1, 0.15) is 0 Å². The second-order valence-corrected chi connectivity index (χ2v) is 6.60. The largest absolute Gasteiger partial charge is 0.488 e. The number of halogens is 3. The summed E-state index contributed by atoms with van der Waals surface area (Å²) in [6.07, 6.45) is -0.655. The highest BCUT2D eigenvalue weighted by molar-refractivity contribution is 6.30. The Hall–Kier alpha value is -1.53. The number of hydrogen-bond acceptors (Lipinski definition) is 4. The van der Waals surface area contributed by atoms with Gasteiger partial charge < -0.3 is 14.7 Å². The fourth-order valence-electron chi connectivity index (χ4n) is 2.96. The first-order chi connectivity index (χ1) is 12.1. The predicted molar refractivity (Wildman–Crippen MR) is 105 cm³/mol. The number of piperazine rings is 1. The van der Waals surface area contributed by atoms with Gasteiger partial charge >= 0.3 is 0 Å². The van der Waals surface area contributed by atoms with Crippen molar-refractivity contribution in [1.29, 1.82) is 0 Å². The van der Waals surface area contributed by atoms with Gasteiger partial charge in [0.25, 0.3) is 0 Å². The molecule has 3 rings (SSSR count). The van der Waals surface area contributed by atoms with Crippen LogP contribution in [-0.2, 0) is 0 Å². The lowest BCUT2D eigenvalue weighted by molar-refractivity contribution is 0.0649. The maximum absolute atomic E-state index is 13.5. The normalized spacial score (nSPS) is 16.0. The summed E-state index contributed by atoms with van der Waals surface area (Å²) in [6.45, 7) is 4.04. The first-order valence-corrected chi connectivity index (χ1v) is 8.78. The minimum absolute atomic E-state index is 0. The predicted octanol–water partition coefficient (Wildman–Crippen LogP) is 3.46. The first kappa shape index (κ1) is 20.8. The highest BCUT2D eigenvalue weighted by atomic mass is 35.5. The van der Waals surface area contributed by atoms with Gasteiger partial charge in [0.2, 0.25) is 0 Å². The van der Waals surface area contributed by atoms with Gasteiger partial charge in [-0.25, -0.2) is 4.39 Å². The second kappa shape index (κ2) is 9.97. The van der Waals surface area contributed by atoms with E-state index in [9.17, 15) is 9.50 Å². The molecule has 4 nitrogen and oxygen atoms in total. The molecule has 1 aliphatic heterocycles. The number of benzene rings is 2. The summed E-state index contributed by atoms with van der Waals surface area (Å²) in [4.78, 5) is 4.47. The summed E-state index contributed by atoms with van der Waals surface area (Å²) in [5, 5.41) is 10.9. The van der Waals surface area contributed by atoms with Gasteiger partial charge in [0, 0.05) is 43.4 Å². The molecule has 2 aromatic carbocycles. The van der Waals surface area contributed by atoms with Crippen LogP contribution in [0.5, 0.6) is 5.75 Å². The minimum atomic E-state index is -0.655. The summed E-state index contributed by atoms with van der Waals surface area (Å²) in [7, 11) is 0. The Morgan fingerprint density at radius 3 is 2.50 bits per heavy atom. The van der Waals surface area contributed by atoms with E-state index in [1.165, 1.54) is 6.07 Å². The molecule has 0 amide bonds. The van der Waals surface area contributed by atoms with E-state index >= 15 is 0 Å². The average molecular weight is 401 g/mol. The van der Waals surface area contributed by atoms with Crippen LogP contribution in [-0.4, -0.2) is 55.4 Å². The van der Waals surface area contributed by atoms with E-state index < -0.39 is 11.9 Å². The summed E-state index contributed by atoms with van der Waals surface area (Å²) in [5.41, 5.74) is 1.12. The third-order valence-corrected chi connectivity index (χ3v) is 4.52. The number of aliphatic hydroxyl groups excluding tert-OH is 1. The van der Waals surface area contributed by atoms with Crippen LogP contribution in [0.25, 0.3) is 0 Å². The molecule has 1 unspecified atom stereocenters. The van der Waals surface area contributed by atoms with Gasteiger partial charge in [-0.15, -0.1) is 12.4 Å². The van der Waals surface area contributed by atoms with Crippen molar-refractivity contribution in [1.82, 2.24) is 4.90 Å². The van der Waals surface area contributed by atoms with Crippen LogP contribution in [0.3, 0.4) is 0 Å². The molecular weight excluding hydrogens is 378 g/mol. The monoisotopic (exact) mass is 400 g/mol. The molecule has 1 heterocycles. The van der Waals surface area contributed by atoms with Crippen molar-refractivity contribution < 1.29 is 14.2 Å². The third kappa shape index (κ3) is 5.74. The summed E-state index contributed by atoms with van der Waals surface area (Å²) in [6, 6.07) is 14.1. The fraction of sp³-hybridized carbons (Fsp3) is 0.368. The fourth-order valence-corrected chi connectivity index (χ4v) is 3.14. The quantitative estimate of drug-likeness (QED) is 0.805. The van der Waals surface area contributed by atoms with Gasteiger partial charge in [-0.3, -0.25) is 4.90 Å². The molecule has 7 heteroatoms. The highest BCUT2D eigenvalue weighted by Gasteiger charge is 2.20. The number of para-hydroxylation sites is 1. The van der Waals surface area contributed by atoms with Crippen LogP contribution >= 0.6 is 24.0 Å². The third-order valence-electron chi connectivity index (χ3n) is 4.28. The first-order valence-electron chi connectivity index (χ1n) is 8.40. The van der Waals surface area contributed by atoms with Crippen molar-refractivity contribution in [3.8, 4) is 5.75 Å². The molecule has 142 valence electrons. The molecule has 1 atom stereocenters. The average Bonchev–Trinajstić information content (AvgIpc) is 2.62. The van der Waals surface area contributed by atoms with Crippen LogP contribution < -0.4 is 9.64 Å². The van der Waals surface area contributed by atoms with E-state index in [-0.39, 0.29) is 24.8 Å². The Morgan fingerprint density at radius 1 is 1.08 bits per heavy atom. The van der Waals surface area contributed by atoms with E-state index in [1.54, 1.807) is 18.2 Å². The Balaban J connectivity index is 0.00000243. The van der Waals surface area contributed by atoms with Gasteiger partial charge in [-0.05, 0) is 30.3 Å². The molecule has 0 spiro atoms. The van der Waals surface area contributed by atoms with Crippen LogP contribution in [0.15, 0.2) is 48.5 Å². The molecule has 2 aromatic rings. The molecule has 1 fully saturated rings. The van der Waals surface area contributed by atoms with Gasteiger partial charge in [-0.2, -0.15) is 0 Å². The van der Waals surface area contributed by atoms with Crippen molar-refractivity contribution in [3.63, 3.8) is 0 Å². The molecule has 0 aromatic heterocycles. The van der Waals surface area contributed by atoms with Crippen molar-refractivity contribution in [2.75, 3.05) is 44.2 Å². The van der Waals surface area contributed by atoms with Gasteiger partial charge in [0.1, 0.15) is 12.7 Å². The van der Waals surface area contributed by atoms with Crippen molar-refractivity contribution in [2.45, 2.75) is 6.10 Å². The standard InChI is InChI=1S/C19H22ClFN2O2.ClH/c20-15-4-3-5-16(12-15)23-10-8-22(9-11-23)13-17(24)14-25-19-7-2-1-6-18(19)21;/h1-7,12,17,24H,8-11,13-14H2;1H. The lowest BCUT2D eigenvalue weighted by Gasteiger charge is -2.36. The molecule has 1 N–H and O–H groups in total. The Labute approximate surface area is 164 Å². The SMILES string of the molecule is Cl.OC(COc1ccccc1F)CN1CCN(c2cccc(Cl)c2)CC1. The number of anilines is 1. The van der Waals surface area contributed by atoms with Crippen LogP contribution in [0, 0.1) is 5.82 Å². The Morgan fingerprint density at radius 2 is 1.81 bits per heavy atom. The topological polar surface area (TPSA) is 35.9 Å². The zero-order valence-corrected chi connectivity index (χ0v) is 15.9. The van der Waals surface area contributed by atoms with E-state index in [2.05, 4.69) is 15.9 Å². The second-order valence-electron chi connectivity index (χ2n) is 6.16. The lowest BCUT2D eigenvalue weighted by atomic mass is 10.2. The Kier molecular flexibility index (Phi) is 7.97. The number of hydrogen-bond donors (Lipinski definition) is 1. The van der Waals surface area contributed by atoms with Crippen molar-refractivity contribution in [3.05, 3.63) is 59.4 Å². The number of aliphatic hydroxyl groups is 1. The molecule has 0 aliphatic carbocycles. The van der Waals surface area contributed by atoms with E-state index in [1.807, 2.05) is 18.2 Å². The summed E-state index contributed by atoms with van der Waals surface area (Å²) < 4.78 is 18.9. The van der Waals surface area contributed by atoms with Gasteiger partial charge in [-0.1, -0.05) is 29.8 Å². The highest BCUT2D eigenvalue weighted by Crippen LogP contribution is 2.21. The van der Waals surface area contributed by atoms with Gasteiger partial charge in [0.05, 0.1) is 0 Å². The molecule has 0 saturated carbocycles. The summed E-state index contributed by atoms with van der Waals surface area (Å²) in [5.74, 6) is -0.239. The maximum atomic E-state index is 13.5. The van der Waals surface area contributed by atoms with Gasteiger partial charge in [0.15, 0.2) is 11.6 Å². The van der Waals surface area contributed by atoms with E-state index in [4.69, 9.17) is 16.3 Å². The lowest BCUT2D eigenvalue weighted by Crippen LogP contribution is -2.49. The molecule has 1 saturated heterocycles. The smallest absolute Gasteiger partial charge is 0.165 e. The maximum Gasteiger partial charge on any atom is 0.165 e.